The van der Waals surface area contributed by atoms with Crippen molar-refractivity contribution < 1.29 is 55.1 Å². The Bertz CT molecular complexity index is 3800. The first-order valence-electron chi connectivity index (χ1n) is 24.0. The van der Waals surface area contributed by atoms with Gasteiger partial charge < -0.3 is 20.1 Å². The first kappa shape index (κ1) is 67.0. The van der Waals surface area contributed by atoms with Crippen LogP contribution in [0.5, 0.6) is 11.5 Å². The van der Waals surface area contributed by atoms with Gasteiger partial charge >= 0.3 is 0 Å². The summed E-state index contributed by atoms with van der Waals surface area (Å²) in [4.78, 5) is 76.9. The van der Waals surface area contributed by atoms with Gasteiger partial charge in [0.05, 0.1) is 61.4 Å². The van der Waals surface area contributed by atoms with Crippen LogP contribution in [-0.4, -0.2) is 100 Å². The van der Waals surface area contributed by atoms with Crippen LogP contribution >= 0.6 is 85.5 Å². The molecule has 6 aromatic carbocycles. The molecule has 19 nitrogen and oxygen atoms in total. The SMILES string of the molecule is Cc1cc(S(=O)(=O)NC(=O)CBr)ccc1NC(=O)COc1ccc(Cl)cc1C(=O)c1cc(Cl)cc(C#N)c1.Cc1cc(S(=O)(=O)NC(=O)CN2CCCC2)ccc1NC(=O)COc1ccc(Cl)cc1C(=O)c1cc(Cl)cc(C#N)c1.ClCCl. The van der Waals surface area contributed by atoms with Gasteiger partial charge in [0.15, 0.2) is 24.8 Å². The average Bonchev–Trinajstić information content (AvgIpc) is 4.12. The molecule has 0 atom stereocenters. The highest BCUT2D eigenvalue weighted by molar-refractivity contribution is 9.09. The zero-order valence-electron chi connectivity index (χ0n) is 43.5. The van der Waals surface area contributed by atoms with Gasteiger partial charge in [-0.25, -0.2) is 26.3 Å². The molecule has 1 saturated heterocycles. The standard InChI is InChI=1S/C29H26Cl2N4O6S.C25H18BrCl2N3O6S.CH2Cl2/c1-18-10-23(42(39,40)34-27(36)16-35-8-2-3-9-35)5-6-25(18)33-28(37)17-41-26-7-4-21(30)14-24(26)29(38)20-11-19(15-32)12-22(31)13-20;1-14-6-19(38(35,36)31-23(32)11-26)3-4-21(14)30-24(33)13-37-22-5-2-17(27)10-20(22)25(34)16-7-15(12-29)8-18(28)9-16;2-1-3/h4-7,10-14H,2-3,8-9,16-17H2,1H3,(H,33,37)(H,34,36);2-10H,11,13H2,1H3,(H,30,33)(H,31,32);1H2. The Morgan fingerprint density at radius 1 is 0.554 bits per heavy atom. The summed E-state index contributed by atoms with van der Waals surface area (Å²) in [7, 11) is -8.16. The van der Waals surface area contributed by atoms with Crippen LogP contribution in [0.1, 0.15) is 66.9 Å². The first-order chi connectivity index (χ1) is 39.3. The second-order valence-corrected chi connectivity index (χ2v) is 24.0. The summed E-state index contributed by atoms with van der Waals surface area (Å²) >= 11 is 36.7. The molecular weight excluding hydrogens is 1310 g/mol. The molecule has 4 N–H and O–H groups in total. The normalized spacial score (nSPS) is 11.9. The second-order valence-electron chi connectivity index (χ2n) is 17.5. The summed E-state index contributed by atoms with van der Waals surface area (Å²) in [5.41, 5.74) is 2.33. The largest absolute Gasteiger partial charge is 0.483 e. The number of hydrogen-bond acceptors (Lipinski definition) is 15. The van der Waals surface area contributed by atoms with E-state index in [-0.39, 0.29) is 92.0 Å². The van der Waals surface area contributed by atoms with Crippen LogP contribution in [0.3, 0.4) is 0 Å². The molecule has 0 saturated carbocycles. The number of carbonyl (C=O) groups excluding carboxylic acids is 6. The van der Waals surface area contributed by atoms with Gasteiger partial charge in [-0.1, -0.05) is 62.3 Å². The lowest BCUT2D eigenvalue weighted by Crippen LogP contribution is -2.38. The van der Waals surface area contributed by atoms with Gasteiger partial charge in [0.25, 0.3) is 31.9 Å². The van der Waals surface area contributed by atoms with Gasteiger partial charge in [-0.05, 0) is 160 Å². The molecule has 434 valence electrons. The van der Waals surface area contributed by atoms with E-state index in [1.807, 2.05) is 21.8 Å². The molecule has 1 aliphatic heterocycles. The van der Waals surface area contributed by atoms with Crippen molar-refractivity contribution in [2.24, 2.45) is 0 Å². The number of rotatable bonds is 19. The topological polar surface area (TPSA) is 288 Å². The van der Waals surface area contributed by atoms with Crippen LogP contribution in [0.4, 0.5) is 11.4 Å². The smallest absolute Gasteiger partial charge is 0.264 e. The minimum absolute atomic E-state index is 0.00723. The molecule has 83 heavy (non-hydrogen) atoms. The molecule has 1 heterocycles. The van der Waals surface area contributed by atoms with E-state index in [0.29, 0.717) is 22.5 Å². The number of ether oxygens (including phenoxy) is 2. The third-order valence-corrected chi connectivity index (χ3v) is 15.6. The number of hydrogen-bond donors (Lipinski definition) is 4. The average molecular weight is 1350 g/mol. The van der Waals surface area contributed by atoms with E-state index in [9.17, 15) is 50.9 Å². The van der Waals surface area contributed by atoms with Crippen LogP contribution in [0, 0.1) is 36.5 Å². The Labute approximate surface area is 516 Å². The number of aryl methyl sites for hydroxylation is 2. The quantitative estimate of drug-likeness (QED) is 0.0433. The van der Waals surface area contributed by atoms with Crippen molar-refractivity contribution in [3.05, 3.63) is 174 Å². The number of halogens is 7. The zero-order chi connectivity index (χ0) is 61.2. The molecule has 4 amide bonds. The van der Waals surface area contributed by atoms with Crippen molar-refractivity contribution in [2.75, 3.05) is 54.2 Å². The molecule has 0 aromatic heterocycles. The molecule has 0 aliphatic carbocycles. The van der Waals surface area contributed by atoms with Gasteiger partial charge in [0, 0.05) is 42.6 Å². The highest BCUT2D eigenvalue weighted by atomic mass is 79.9. The van der Waals surface area contributed by atoms with E-state index in [0.717, 1.165) is 25.9 Å². The van der Waals surface area contributed by atoms with E-state index in [4.69, 9.17) is 84.3 Å². The van der Waals surface area contributed by atoms with Crippen LogP contribution in [-0.2, 0) is 39.2 Å². The monoisotopic (exact) mass is 1350 g/mol. The van der Waals surface area contributed by atoms with E-state index in [2.05, 4.69) is 31.3 Å². The summed E-state index contributed by atoms with van der Waals surface area (Å²) in [5.74, 6) is -3.35. The molecule has 0 bridgehead atoms. The fraction of sp³-hybridized carbons (Fsp3) is 0.200. The molecule has 28 heteroatoms. The second kappa shape index (κ2) is 31.2. The molecule has 0 spiro atoms. The summed E-state index contributed by atoms with van der Waals surface area (Å²) in [6.45, 7) is 3.75. The van der Waals surface area contributed by atoms with Crippen molar-refractivity contribution in [3.8, 4) is 23.6 Å². The highest BCUT2D eigenvalue weighted by Gasteiger charge is 2.24. The number of ketones is 2. The van der Waals surface area contributed by atoms with Gasteiger partial charge in [0.1, 0.15) is 11.5 Å². The number of sulfonamides is 2. The molecule has 0 radical (unpaired) electrons. The lowest BCUT2D eigenvalue weighted by molar-refractivity contribution is -0.120. The van der Waals surface area contributed by atoms with Crippen molar-refractivity contribution >= 4 is 152 Å². The van der Waals surface area contributed by atoms with Crippen LogP contribution in [0.15, 0.2) is 119 Å². The first-order valence-corrected chi connectivity index (χ1v) is 30.6. The fourth-order valence-corrected chi connectivity index (χ4v) is 10.9. The minimum Gasteiger partial charge on any atom is -0.483 e. The van der Waals surface area contributed by atoms with E-state index < -0.39 is 68.5 Å². The van der Waals surface area contributed by atoms with E-state index >= 15 is 0 Å². The Morgan fingerprint density at radius 3 is 1.33 bits per heavy atom. The van der Waals surface area contributed by atoms with Crippen LogP contribution < -0.4 is 29.6 Å². The predicted octanol–water partition coefficient (Wildman–Crippen LogP) is 10.4. The molecular formula is C55H46BrCl6N7O12S2. The number of likely N-dealkylation sites (tertiary alicyclic amines) is 1. The lowest BCUT2D eigenvalue weighted by Gasteiger charge is -2.15. The molecule has 1 aliphatic rings. The Morgan fingerprint density at radius 2 is 0.952 bits per heavy atom. The number of amides is 4. The lowest BCUT2D eigenvalue weighted by atomic mass is 10.0. The van der Waals surface area contributed by atoms with Crippen molar-refractivity contribution in [1.29, 1.82) is 10.5 Å². The third-order valence-electron chi connectivity index (χ3n) is 11.4. The van der Waals surface area contributed by atoms with Crippen molar-refractivity contribution in [2.45, 2.75) is 36.5 Å². The van der Waals surface area contributed by atoms with Gasteiger partial charge in [-0.15, -0.1) is 23.2 Å². The van der Waals surface area contributed by atoms with E-state index in [1.165, 1.54) is 109 Å². The number of benzene rings is 6. The minimum atomic E-state index is -4.09. The Balaban J connectivity index is 0.000000292. The van der Waals surface area contributed by atoms with E-state index in [1.54, 1.807) is 13.8 Å². The number of alkyl halides is 3. The fourth-order valence-electron chi connectivity index (χ4n) is 7.66. The van der Waals surface area contributed by atoms with Crippen molar-refractivity contribution in [1.82, 2.24) is 14.3 Å². The van der Waals surface area contributed by atoms with Crippen molar-refractivity contribution in [3.63, 3.8) is 0 Å². The molecule has 1 fully saturated rings. The van der Waals surface area contributed by atoms with Gasteiger partial charge in [0.2, 0.25) is 11.8 Å². The number of nitrogens with one attached hydrogen (secondary N) is 4. The number of nitriles is 2. The maximum Gasteiger partial charge on any atom is 0.264 e. The number of anilines is 2. The maximum atomic E-state index is 13.2. The van der Waals surface area contributed by atoms with Crippen LogP contribution in [0.2, 0.25) is 20.1 Å². The molecule has 6 aromatic rings. The number of nitrogens with zero attached hydrogens (tertiary/aromatic N) is 3. The summed E-state index contributed by atoms with van der Waals surface area (Å²) < 4.78 is 65.2. The third kappa shape index (κ3) is 19.9. The Hall–Kier alpha value is -6.80. The summed E-state index contributed by atoms with van der Waals surface area (Å²) in [6, 6.07) is 28.9. The summed E-state index contributed by atoms with van der Waals surface area (Å²) in [6.07, 6.45) is 1.95. The predicted molar refractivity (Wildman–Crippen MR) is 319 cm³/mol. The Kier molecular flexibility index (Phi) is 25.2. The highest BCUT2D eigenvalue weighted by Crippen LogP contribution is 2.30. The summed E-state index contributed by atoms with van der Waals surface area (Å²) in [5, 5.41) is 24.6. The maximum absolute atomic E-state index is 13.2. The number of carbonyl (C=O) groups is 6. The molecule has 0 unspecified atom stereocenters. The van der Waals surface area contributed by atoms with Gasteiger partial charge in [-0.2, -0.15) is 10.5 Å². The molecule has 7 rings (SSSR count). The van der Waals surface area contributed by atoms with Gasteiger partial charge in [-0.3, -0.25) is 33.7 Å². The van der Waals surface area contributed by atoms with Crippen LogP contribution in [0.25, 0.3) is 0 Å². The zero-order valence-corrected chi connectivity index (χ0v) is 51.2.